The van der Waals surface area contributed by atoms with Crippen LogP contribution in [0.4, 0.5) is 0 Å². The second-order valence-corrected chi connectivity index (χ2v) is 8.63. The molecule has 2 aromatic heterocycles. The Morgan fingerprint density at radius 2 is 1.88 bits per heavy atom. The Labute approximate surface area is 165 Å². The lowest BCUT2D eigenvalue weighted by Gasteiger charge is -2.22. The van der Waals surface area contributed by atoms with Crippen molar-refractivity contribution in [2.45, 2.75) is 48.7 Å². The number of aromatic nitrogens is 4. The molecule has 0 amide bonds. The van der Waals surface area contributed by atoms with Gasteiger partial charge in [0, 0.05) is 21.5 Å². The number of benzene rings is 1. The Balaban J connectivity index is 1.65. The van der Waals surface area contributed by atoms with E-state index in [-0.39, 0.29) is 5.49 Å². The highest BCUT2D eigenvalue weighted by Crippen LogP contribution is 2.31. The van der Waals surface area contributed by atoms with Crippen LogP contribution in [0, 0.1) is 11.3 Å². The highest BCUT2D eigenvalue weighted by molar-refractivity contribution is 7.99. The number of nitrogens with one attached hydrogen (secondary N) is 2. The van der Waals surface area contributed by atoms with E-state index in [0.717, 1.165) is 17.1 Å². The topological polar surface area (TPSA) is 70.3 Å². The molecule has 1 aliphatic carbocycles. The number of fused-ring (bicyclic) bond motifs is 1. The third-order valence-corrected chi connectivity index (χ3v) is 6.02. The number of halogens is 2. The summed E-state index contributed by atoms with van der Waals surface area (Å²) in [5.74, 6) is 0.662. The van der Waals surface area contributed by atoms with Gasteiger partial charge in [0.15, 0.2) is 16.3 Å². The summed E-state index contributed by atoms with van der Waals surface area (Å²) >= 11 is 13.6. The van der Waals surface area contributed by atoms with E-state index in [0.29, 0.717) is 26.6 Å². The van der Waals surface area contributed by atoms with E-state index in [4.69, 9.17) is 33.6 Å². The van der Waals surface area contributed by atoms with Crippen molar-refractivity contribution in [2.75, 3.05) is 0 Å². The van der Waals surface area contributed by atoms with Crippen LogP contribution in [0.1, 0.15) is 32.1 Å². The van der Waals surface area contributed by atoms with Crippen LogP contribution in [-0.2, 0) is 6.54 Å². The number of hydrogen-bond donors (Lipinski definition) is 2. The molecule has 4 rings (SSSR count). The molecule has 2 heterocycles. The van der Waals surface area contributed by atoms with Gasteiger partial charge >= 0.3 is 0 Å². The number of imidazole rings is 1. The van der Waals surface area contributed by atoms with Gasteiger partial charge in [0.1, 0.15) is 5.52 Å². The van der Waals surface area contributed by atoms with Crippen LogP contribution in [0.3, 0.4) is 0 Å². The molecular weight excluding hydrogens is 389 g/mol. The second-order valence-electron chi connectivity index (χ2n) is 6.70. The van der Waals surface area contributed by atoms with Crippen molar-refractivity contribution >= 4 is 46.1 Å². The Bertz CT molecular complexity index is 971. The zero-order valence-electron chi connectivity index (χ0n) is 14.1. The molecule has 8 heteroatoms. The van der Waals surface area contributed by atoms with Crippen molar-refractivity contribution in [3.63, 3.8) is 0 Å². The molecule has 3 aromatic rings. The molecule has 136 valence electrons. The fraction of sp³-hybridized carbons (Fsp3) is 0.389. The summed E-state index contributed by atoms with van der Waals surface area (Å²) < 4.78 is 2.08. The zero-order chi connectivity index (χ0) is 18.1. The minimum atomic E-state index is 0.211. The van der Waals surface area contributed by atoms with Gasteiger partial charge in [-0.1, -0.05) is 54.2 Å². The minimum Gasteiger partial charge on any atom is -0.328 e. The van der Waals surface area contributed by atoms with Gasteiger partial charge in [-0.2, -0.15) is 0 Å². The number of aromatic amines is 1. The van der Waals surface area contributed by atoms with Crippen molar-refractivity contribution in [3.8, 4) is 0 Å². The molecule has 5 nitrogen and oxygen atoms in total. The fourth-order valence-corrected chi connectivity index (χ4v) is 5.03. The van der Waals surface area contributed by atoms with Gasteiger partial charge in [0.2, 0.25) is 0 Å². The Morgan fingerprint density at radius 1 is 1.15 bits per heavy atom. The van der Waals surface area contributed by atoms with E-state index < -0.39 is 0 Å². The van der Waals surface area contributed by atoms with Gasteiger partial charge in [0.05, 0.1) is 6.33 Å². The monoisotopic (exact) mass is 407 g/mol. The summed E-state index contributed by atoms with van der Waals surface area (Å²) in [6.07, 6.45) is 8.19. The van der Waals surface area contributed by atoms with Crippen LogP contribution in [0.2, 0.25) is 10.0 Å². The van der Waals surface area contributed by atoms with Crippen LogP contribution in [-0.4, -0.2) is 19.5 Å². The molecular formula is C18H19Cl2N5S. The number of rotatable bonds is 4. The molecule has 0 atom stereocenters. The SMILES string of the molecule is N=c1ncn(CC2CCCCC2)c2nc(Sc3cc(Cl)cc(Cl)c3)[nH]c12. The maximum Gasteiger partial charge on any atom is 0.173 e. The molecule has 26 heavy (non-hydrogen) atoms. The molecule has 0 aliphatic heterocycles. The Kier molecular flexibility index (Phi) is 5.25. The first kappa shape index (κ1) is 17.9. The Morgan fingerprint density at radius 3 is 2.62 bits per heavy atom. The second kappa shape index (κ2) is 7.62. The zero-order valence-corrected chi connectivity index (χ0v) is 16.5. The number of H-pyrrole nitrogens is 1. The highest BCUT2D eigenvalue weighted by Gasteiger charge is 2.17. The van der Waals surface area contributed by atoms with Crippen molar-refractivity contribution in [1.82, 2.24) is 19.5 Å². The van der Waals surface area contributed by atoms with Crippen LogP contribution in [0.25, 0.3) is 11.2 Å². The predicted octanol–water partition coefficient (Wildman–Crippen LogP) is 5.28. The van der Waals surface area contributed by atoms with Crippen molar-refractivity contribution < 1.29 is 0 Å². The normalized spacial score (nSPS) is 15.6. The summed E-state index contributed by atoms with van der Waals surface area (Å²) in [7, 11) is 0. The predicted molar refractivity (Wildman–Crippen MR) is 105 cm³/mol. The molecule has 1 saturated carbocycles. The molecule has 1 aromatic carbocycles. The van der Waals surface area contributed by atoms with Crippen molar-refractivity contribution in [3.05, 3.63) is 40.1 Å². The van der Waals surface area contributed by atoms with Crippen LogP contribution in [0.15, 0.2) is 34.6 Å². The van der Waals surface area contributed by atoms with Gasteiger partial charge in [-0.3, -0.25) is 5.41 Å². The summed E-state index contributed by atoms with van der Waals surface area (Å²) in [6.45, 7) is 0.904. The number of hydrogen-bond acceptors (Lipinski definition) is 4. The lowest BCUT2D eigenvalue weighted by molar-refractivity contribution is 0.320. The first-order valence-electron chi connectivity index (χ1n) is 8.72. The van der Waals surface area contributed by atoms with Gasteiger partial charge in [0.25, 0.3) is 0 Å². The van der Waals surface area contributed by atoms with E-state index in [1.165, 1.54) is 43.9 Å². The van der Waals surface area contributed by atoms with Gasteiger partial charge in [-0.25, -0.2) is 9.97 Å². The average molecular weight is 408 g/mol. The lowest BCUT2D eigenvalue weighted by atomic mass is 9.89. The molecule has 0 saturated heterocycles. The summed E-state index contributed by atoms with van der Waals surface area (Å²) in [5, 5.41) is 9.98. The number of nitrogens with zero attached hydrogens (tertiary/aromatic N) is 3. The standard InChI is InChI=1S/C18H19Cl2N5S/c19-12-6-13(20)8-14(7-12)26-18-23-15-16(21)22-10-25(17(15)24-18)9-11-4-2-1-3-5-11/h6-8,10-11,21H,1-5,9H2,(H,23,24). The average Bonchev–Trinajstić information content (AvgIpc) is 3.02. The highest BCUT2D eigenvalue weighted by atomic mass is 35.5. The van der Waals surface area contributed by atoms with E-state index >= 15 is 0 Å². The molecule has 0 unspecified atom stereocenters. The maximum atomic E-state index is 8.09. The first-order chi connectivity index (χ1) is 12.6. The summed E-state index contributed by atoms with van der Waals surface area (Å²) in [6, 6.07) is 5.40. The van der Waals surface area contributed by atoms with Gasteiger partial charge in [-0.15, -0.1) is 0 Å². The molecule has 2 N–H and O–H groups in total. The van der Waals surface area contributed by atoms with Crippen LogP contribution < -0.4 is 5.49 Å². The Hall–Kier alpha value is -1.50. The van der Waals surface area contributed by atoms with E-state index in [1.54, 1.807) is 12.4 Å². The van der Waals surface area contributed by atoms with Crippen LogP contribution in [0.5, 0.6) is 0 Å². The molecule has 0 bridgehead atoms. The molecule has 0 spiro atoms. The third-order valence-electron chi connectivity index (χ3n) is 4.73. The summed E-state index contributed by atoms with van der Waals surface area (Å²) in [4.78, 5) is 13.1. The van der Waals surface area contributed by atoms with Gasteiger partial charge < -0.3 is 9.55 Å². The quantitative estimate of drug-likeness (QED) is 0.617. The fourth-order valence-electron chi connectivity index (χ4n) is 3.49. The maximum absolute atomic E-state index is 8.09. The first-order valence-corrected chi connectivity index (χ1v) is 10.3. The lowest BCUT2D eigenvalue weighted by Crippen LogP contribution is -2.18. The van der Waals surface area contributed by atoms with Crippen LogP contribution >= 0.6 is 35.0 Å². The molecule has 1 fully saturated rings. The largest absolute Gasteiger partial charge is 0.328 e. The summed E-state index contributed by atoms with van der Waals surface area (Å²) in [5.41, 5.74) is 1.66. The van der Waals surface area contributed by atoms with E-state index in [9.17, 15) is 0 Å². The van der Waals surface area contributed by atoms with Crippen molar-refractivity contribution in [2.24, 2.45) is 5.92 Å². The van der Waals surface area contributed by atoms with E-state index in [2.05, 4.69) is 14.5 Å². The third kappa shape index (κ3) is 3.92. The molecule has 0 radical (unpaired) electrons. The smallest absolute Gasteiger partial charge is 0.173 e. The van der Waals surface area contributed by atoms with Crippen molar-refractivity contribution in [1.29, 1.82) is 5.41 Å². The van der Waals surface area contributed by atoms with E-state index in [1.807, 2.05) is 12.1 Å². The minimum absolute atomic E-state index is 0.211. The molecule has 1 aliphatic rings. The van der Waals surface area contributed by atoms with Gasteiger partial charge in [-0.05, 0) is 37.0 Å².